The smallest absolute Gasteiger partial charge is 0.247 e. The van der Waals surface area contributed by atoms with Crippen molar-refractivity contribution in [3.8, 4) is 5.82 Å². The molecule has 0 fully saturated rings. The summed E-state index contributed by atoms with van der Waals surface area (Å²) in [6.07, 6.45) is 7.26. The predicted octanol–water partition coefficient (Wildman–Crippen LogP) is 2.79. The number of hydrogen-bond donors (Lipinski definition) is 2. The Morgan fingerprint density at radius 2 is 1.90 bits per heavy atom. The van der Waals surface area contributed by atoms with Crippen LogP contribution in [0, 0.1) is 5.92 Å². The van der Waals surface area contributed by atoms with Gasteiger partial charge in [0.2, 0.25) is 11.8 Å². The van der Waals surface area contributed by atoms with Gasteiger partial charge in [0, 0.05) is 31.6 Å². The van der Waals surface area contributed by atoms with Gasteiger partial charge in [-0.3, -0.25) is 14.2 Å². The van der Waals surface area contributed by atoms with E-state index in [1.165, 1.54) is 0 Å². The third kappa shape index (κ3) is 5.75. The first kappa shape index (κ1) is 20.3. The third-order valence-electron chi connectivity index (χ3n) is 4.34. The van der Waals surface area contributed by atoms with Crippen molar-refractivity contribution in [1.82, 2.24) is 25.2 Å². The zero-order valence-corrected chi connectivity index (χ0v) is 16.6. The summed E-state index contributed by atoms with van der Waals surface area (Å²) in [5, 5.41) is 5.75. The number of imidazole rings is 1. The minimum absolute atomic E-state index is 0.143. The van der Waals surface area contributed by atoms with E-state index in [0.29, 0.717) is 13.0 Å². The van der Waals surface area contributed by atoms with Gasteiger partial charge in [-0.15, -0.1) is 0 Å². The quantitative estimate of drug-likeness (QED) is 0.618. The molecular formula is C22H25N5O2. The van der Waals surface area contributed by atoms with Gasteiger partial charge in [-0.05, 0) is 23.1 Å². The average molecular weight is 391 g/mol. The fourth-order valence-corrected chi connectivity index (χ4v) is 2.90. The normalized spacial score (nSPS) is 11.8. The van der Waals surface area contributed by atoms with Crippen molar-refractivity contribution in [2.24, 2.45) is 5.92 Å². The molecule has 0 aliphatic heterocycles. The van der Waals surface area contributed by atoms with E-state index in [0.717, 1.165) is 16.9 Å². The van der Waals surface area contributed by atoms with Gasteiger partial charge >= 0.3 is 0 Å². The van der Waals surface area contributed by atoms with Crippen LogP contribution in [-0.4, -0.2) is 26.3 Å². The van der Waals surface area contributed by atoms with Crippen LogP contribution in [0.4, 0.5) is 0 Å². The number of carbonyl (C=O) groups excluding carboxylic acids is 2. The van der Waals surface area contributed by atoms with Crippen molar-refractivity contribution in [3.05, 3.63) is 78.5 Å². The summed E-state index contributed by atoms with van der Waals surface area (Å²) in [5.74, 6) is 0.567. The molecule has 0 aliphatic rings. The summed E-state index contributed by atoms with van der Waals surface area (Å²) < 4.78 is 1.80. The lowest BCUT2D eigenvalue weighted by molar-refractivity contribution is -0.129. The second kappa shape index (κ2) is 9.64. The van der Waals surface area contributed by atoms with Crippen LogP contribution >= 0.6 is 0 Å². The molecule has 1 unspecified atom stereocenters. The Hall–Kier alpha value is -3.48. The van der Waals surface area contributed by atoms with E-state index >= 15 is 0 Å². The molecule has 0 saturated carbocycles. The van der Waals surface area contributed by atoms with E-state index in [1.54, 1.807) is 23.3 Å². The predicted molar refractivity (Wildman–Crippen MR) is 110 cm³/mol. The maximum Gasteiger partial charge on any atom is 0.247 e. The van der Waals surface area contributed by atoms with E-state index in [2.05, 4.69) is 20.6 Å². The van der Waals surface area contributed by atoms with Crippen LogP contribution in [-0.2, 0) is 16.1 Å². The molecule has 1 aromatic carbocycles. The Morgan fingerprint density at radius 1 is 1.10 bits per heavy atom. The Bertz CT molecular complexity index is 922. The van der Waals surface area contributed by atoms with Gasteiger partial charge in [0.05, 0.1) is 0 Å². The van der Waals surface area contributed by atoms with E-state index < -0.39 is 6.04 Å². The highest BCUT2D eigenvalue weighted by molar-refractivity contribution is 5.88. The Morgan fingerprint density at radius 3 is 2.52 bits per heavy atom. The van der Waals surface area contributed by atoms with Gasteiger partial charge in [-0.25, -0.2) is 9.97 Å². The SMILES string of the molecule is CC(C)CC(=O)NC(C(=O)NCc1ccc(-n2ccnc2)nc1)c1ccccc1. The molecule has 2 N–H and O–H groups in total. The van der Waals surface area contributed by atoms with E-state index in [4.69, 9.17) is 0 Å². The first-order valence-electron chi connectivity index (χ1n) is 9.58. The molecule has 7 heteroatoms. The van der Waals surface area contributed by atoms with Crippen LogP contribution in [0.1, 0.15) is 37.4 Å². The molecule has 0 bridgehead atoms. The summed E-state index contributed by atoms with van der Waals surface area (Å²) in [6.45, 7) is 4.26. The number of nitrogens with zero attached hydrogens (tertiary/aromatic N) is 3. The van der Waals surface area contributed by atoms with Crippen LogP contribution < -0.4 is 10.6 Å². The highest BCUT2D eigenvalue weighted by atomic mass is 16.2. The molecule has 0 saturated heterocycles. The summed E-state index contributed by atoms with van der Waals surface area (Å²) in [6, 6.07) is 12.3. The van der Waals surface area contributed by atoms with Crippen molar-refractivity contribution in [2.45, 2.75) is 32.9 Å². The first-order valence-corrected chi connectivity index (χ1v) is 9.58. The van der Waals surface area contributed by atoms with Crippen LogP contribution in [0.2, 0.25) is 0 Å². The molecule has 2 heterocycles. The standard InChI is InChI=1S/C22H25N5O2/c1-16(2)12-20(28)26-21(18-6-4-3-5-7-18)22(29)25-14-17-8-9-19(24-13-17)27-11-10-23-15-27/h3-11,13,15-16,21H,12,14H2,1-2H3,(H,25,29)(H,26,28). The molecule has 3 aromatic rings. The molecule has 2 amide bonds. The van der Waals surface area contributed by atoms with E-state index in [9.17, 15) is 9.59 Å². The Balaban J connectivity index is 1.65. The molecule has 1 atom stereocenters. The Labute approximate surface area is 170 Å². The van der Waals surface area contributed by atoms with Gasteiger partial charge in [0.25, 0.3) is 0 Å². The van der Waals surface area contributed by atoms with Crippen molar-refractivity contribution in [3.63, 3.8) is 0 Å². The second-order valence-electron chi connectivity index (χ2n) is 7.22. The molecule has 0 radical (unpaired) electrons. The number of carbonyl (C=O) groups is 2. The molecule has 3 rings (SSSR count). The minimum atomic E-state index is -0.736. The molecule has 29 heavy (non-hydrogen) atoms. The number of benzene rings is 1. The number of pyridine rings is 1. The van der Waals surface area contributed by atoms with Crippen molar-refractivity contribution in [2.75, 3.05) is 0 Å². The summed E-state index contributed by atoms with van der Waals surface area (Å²) in [7, 11) is 0. The third-order valence-corrected chi connectivity index (χ3v) is 4.34. The minimum Gasteiger partial charge on any atom is -0.350 e. The van der Waals surface area contributed by atoms with Crippen LogP contribution in [0.15, 0.2) is 67.4 Å². The van der Waals surface area contributed by atoms with Gasteiger partial charge in [0.1, 0.15) is 18.2 Å². The van der Waals surface area contributed by atoms with Crippen molar-refractivity contribution < 1.29 is 9.59 Å². The number of hydrogen-bond acceptors (Lipinski definition) is 4. The monoisotopic (exact) mass is 391 g/mol. The summed E-state index contributed by atoms with van der Waals surface area (Å²) >= 11 is 0. The topological polar surface area (TPSA) is 88.9 Å². The molecular weight excluding hydrogens is 366 g/mol. The number of nitrogens with one attached hydrogen (secondary N) is 2. The van der Waals surface area contributed by atoms with Crippen molar-refractivity contribution >= 4 is 11.8 Å². The lowest BCUT2D eigenvalue weighted by Gasteiger charge is -2.19. The fourth-order valence-electron chi connectivity index (χ4n) is 2.90. The number of amides is 2. The van der Waals surface area contributed by atoms with E-state index in [1.807, 2.05) is 62.5 Å². The van der Waals surface area contributed by atoms with Crippen LogP contribution in [0.25, 0.3) is 5.82 Å². The zero-order chi connectivity index (χ0) is 20.6. The zero-order valence-electron chi connectivity index (χ0n) is 16.6. The maximum atomic E-state index is 12.8. The van der Waals surface area contributed by atoms with Gasteiger partial charge in [0.15, 0.2) is 0 Å². The largest absolute Gasteiger partial charge is 0.350 e. The van der Waals surface area contributed by atoms with Gasteiger partial charge in [-0.1, -0.05) is 50.2 Å². The summed E-state index contributed by atoms with van der Waals surface area (Å²) in [5.41, 5.74) is 1.61. The number of rotatable bonds is 8. The highest BCUT2D eigenvalue weighted by Gasteiger charge is 2.22. The average Bonchev–Trinajstić information content (AvgIpc) is 3.25. The highest BCUT2D eigenvalue weighted by Crippen LogP contribution is 2.14. The van der Waals surface area contributed by atoms with Gasteiger partial charge < -0.3 is 10.6 Å². The molecule has 150 valence electrons. The van der Waals surface area contributed by atoms with Crippen molar-refractivity contribution in [1.29, 1.82) is 0 Å². The molecule has 7 nitrogen and oxygen atoms in total. The molecule has 0 aliphatic carbocycles. The second-order valence-corrected chi connectivity index (χ2v) is 7.22. The summed E-state index contributed by atoms with van der Waals surface area (Å²) in [4.78, 5) is 33.5. The lowest BCUT2D eigenvalue weighted by atomic mass is 10.0. The van der Waals surface area contributed by atoms with Gasteiger partial charge in [-0.2, -0.15) is 0 Å². The Kier molecular flexibility index (Phi) is 6.73. The van der Waals surface area contributed by atoms with Crippen LogP contribution in [0.3, 0.4) is 0 Å². The fraction of sp³-hybridized carbons (Fsp3) is 0.273. The molecule has 2 aromatic heterocycles. The van der Waals surface area contributed by atoms with Crippen LogP contribution in [0.5, 0.6) is 0 Å². The number of aromatic nitrogens is 3. The first-order chi connectivity index (χ1) is 14.0. The maximum absolute atomic E-state index is 12.8. The van der Waals surface area contributed by atoms with E-state index in [-0.39, 0.29) is 17.7 Å². The lowest BCUT2D eigenvalue weighted by Crippen LogP contribution is -2.40. The molecule has 0 spiro atoms.